The molecule has 33 heavy (non-hydrogen) atoms. The van der Waals surface area contributed by atoms with Gasteiger partial charge in [0, 0.05) is 9.58 Å². The smallest absolute Gasteiger partial charge is 0.123 e. The molecule has 0 aliphatic rings. The van der Waals surface area contributed by atoms with Gasteiger partial charge in [-0.1, -0.05) is 104 Å². The summed E-state index contributed by atoms with van der Waals surface area (Å²) in [7, 11) is 0. The van der Waals surface area contributed by atoms with E-state index in [2.05, 4.69) is 72.4 Å². The fourth-order valence-electron chi connectivity index (χ4n) is 3.61. The van der Waals surface area contributed by atoms with E-state index in [4.69, 9.17) is 0 Å². The van der Waals surface area contributed by atoms with Crippen molar-refractivity contribution in [1.82, 2.24) is 0 Å². The SMILES string of the molecule is C.C=C(C)Cc1ccccc1C.CCCCCC.CCCc1c(CC)sc2ccc(F)cc12. The highest BCUT2D eigenvalue weighted by Gasteiger charge is 2.10. The lowest BCUT2D eigenvalue weighted by Gasteiger charge is -2.03. The van der Waals surface area contributed by atoms with Gasteiger partial charge in [0.2, 0.25) is 0 Å². The Hall–Kier alpha value is -1.93. The molecule has 1 aromatic heterocycles. The van der Waals surface area contributed by atoms with Gasteiger partial charge in [0.1, 0.15) is 5.82 Å². The number of rotatable bonds is 8. The van der Waals surface area contributed by atoms with Crippen LogP contribution in [0.25, 0.3) is 10.1 Å². The van der Waals surface area contributed by atoms with Crippen molar-refractivity contribution in [3.8, 4) is 0 Å². The molecule has 0 aliphatic carbocycles. The van der Waals surface area contributed by atoms with Crippen LogP contribution >= 0.6 is 11.3 Å². The normalized spacial score (nSPS) is 9.91. The topological polar surface area (TPSA) is 0 Å². The van der Waals surface area contributed by atoms with Crippen molar-refractivity contribution in [2.24, 2.45) is 0 Å². The Morgan fingerprint density at radius 2 is 1.58 bits per heavy atom. The number of allylic oxidation sites excluding steroid dienone is 1. The third kappa shape index (κ3) is 11.2. The molecule has 0 nitrogen and oxygen atoms in total. The summed E-state index contributed by atoms with van der Waals surface area (Å²) in [5.41, 5.74) is 5.33. The number of unbranched alkanes of at least 4 members (excludes halogenated alkanes) is 3. The highest BCUT2D eigenvalue weighted by Crippen LogP contribution is 2.33. The number of halogens is 1. The maximum Gasteiger partial charge on any atom is 0.123 e. The van der Waals surface area contributed by atoms with E-state index >= 15 is 0 Å². The Labute approximate surface area is 208 Å². The summed E-state index contributed by atoms with van der Waals surface area (Å²) in [5.74, 6) is -0.125. The van der Waals surface area contributed by atoms with E-state index in [1.807, 2.05) is 6.07 Å². The summed E-state index contributed by atoms with van der Waals surface area (Å²) < 4.78 is 14.4. The van der Waals surface area contributed by atoms with Gasteiger partial charge in [0.15, 0.2) is 0 Å². The third-order valence-electron chi connectivity index (χ3n) is 5.37. The molecule has 1 heterocycles. The minimum Gasteiger partial charge on any atom is -0.207 e. The van der Waals surface area contributed by atoms with Crippen molar-refractivity contribution in [1.29, 1.82) is 0 Å². The molecule has 184 valence electrons. The quantitative estimate of drug-likeness (QED) is 0.227. The molecule has 3 rings (SSSR count). The molecule has 2 aromatic carbocycles. The van der Waals surface area contributed by atoms with Crippen LogP contribution in [0.15, 0.2) is 54.6 Å². The molecule has 0 saturated carbocycles. The van der Waals surface area contributed by atoms with Crippen LogP contribution in [0.3, 0.4) is 0 Å². The minimum atomic E-state index is -0.125. The molecular formula is C31H47FS. The summed E-state index contributed by atoms with van der Waals surface area (Å²) in [6.07, 6.45) is 9.78. The first-order valence-corrected chi connectivity index (χ1v) is 13.1. The van der Waals surface area contributed by atoms with Gasteiger partial charge in [-0.3, -0.25) is 0 Å². The van der Waals surface area contributed by atoms with Crippen molar-refractivity contribution >= 4 is 21.4 Å². The molecule has 0 amide bonds. The lowest BCUT2D eigenvalue weighted by molar-refractivity contribution is 0.629. The second-order valence-corrected chi connectivity index (χ2v) is 9.65. The number of benzene rings is 2. The lowest BCUT2D eigenvalue weighted by atomic mass is 10.0. The predicted molar refractivity (Wildman–Crippen MR) is 151 cm³/mol. The molecule has 0 bridgehead atoms. The summed E-state index contributed by atoms with van der Waals surface area (Å²) in [6.45, 7) is 16.9. The summed E-state index contributed by atoms with van der Waals surface area (Å²) >= 11 is 1.81. The summed E-state index contributed by atoms with van der Waals surface area (Å²) in [6, 6.07) is 13.6. The third-order valence-corrected chi connectivity index (χ3v) is 6.73. The Kier molecular flexibility index (Phi) is 16.5. The fraction of sp³-hybridized carbons (Fsp3) is 0.484. The van der Waals surface area contributed by atoms with Crippen LogP contribution in [0.4, 0.5) is 4.39 Å². The molecule has 2 heteroatoms. The van der Waals surface area contributed by atoms with E-state index in [-0.39, 0.29) is 13.2 Å². The fourth-order valence-corrected chi connectivity index (χ4v) is 4.79. The molecule has 0 radical (unpaired) electrons. The van der Waals surface area contributed by atoms with Crippen LogP contribution in [0, 0.1) is 12.7 Å². The number of hydrogen-bond acceptors (Lipinski definition) is 1. The molecule has 3 aromatic rings. The van der Waals surface area contributed by atoms with Gasteiger partial charge in [-0.15, -0.1) is 11.3 Å². The molecular weight excluding hydrogens is 423 g/mol. The molecule has 0 spiro atoms. The highest BCUT2D eigenvalue weighted by molar-refractivity contribution is 7.19. The number of hydrogen-bond donors (Lipinski definition) is 0. The second kappa shape index (κ2) is 17.5. The van der Waals surface area contributed by atoms with Crippen molar-refractivity contribution in [2.75, 3.05) is 0 Å². The molecule has 0 fully saturated rings. The van der Waals surface area contributed by atoms with Crippen LogP contribution < -0.4 is 0 Å². The van der Waals surface area contributed by atoms with Crippen LogP contribution in [-0.2, 0) is 19.3 Å². The average Bonchev–Trinajstić information content (AvgIpc) is 3.11. The molecule has 0 saturated heterocycles. The summed E-state index contributed by atoms with van der Waals surface area (Å²) in [4.78, 5) is 1.41. The Morgan fingerprint density at radius 3 is 2.09 bits per heavy atom. The highest BCUT2D eigenvalue weighted by atomic mass is 32.1. The van der Waals surface area contributed by atoms with Crippen LogP contribution in [0.1, 0.15) is 95.7 Å². The van der Waals surface area contributed by atoms with Gasteiger partial charge >= 0.3 is 0 Å². The largest absolute Gasteiger partial charge is 0.207 e. The van der Waals surface area contributed by atoms with Gasteiger partial charge in [-0.05, 0) is 73.4 Å². The van der Waals surface area contributed by atoms with Gasteiger partial charge in [-0.2, -0.15) is 0 Å². The first-order valence-electron chi connectivity index (χ1n) is 12.3. The van der Waals surface area contributed by atoms with E-state index in [1.165, 1.54) is 57.5 Å². The minimum absolute atomic E-state index is 0. The van der Waals surface area contributed by atoms with Crippen LogP contribution in [0.2, 0.25) is 0 Å². The first kappa shape index (κ1) is 31.1. The van der Waals surface area contributed by atoms with Crippen molar-refractivity contribution in [3.05, 3.63) is 82.0 Å². The van der Waals surface area contributed by atoms with E-state index in [1.54, 1.807) is 23.5 Å². The standard InChI is InChI=1S/C13H15FS.C11H14.C6H14.CH4/c1-3-5-10-11-8-9(14)6-7-13(11)15-12(10)4-2;1-9(2)8-11-7-5-4-6-10(11)3;1-3-5-6-4-2;/h6-8H,3-5H2,1-2H3;4-7H,1,8H2,2-3H3;3-6H2,1-2H3;1H4. The first-order chi connectivity index (χ1) is 15.4. The van der Waals surface area contributed by atoms with Crippen LogP contribution in [-0.4, -0.2) is 0 Å². The molecule has 0 aliphatic heterocycles. The zero-order valence-electron chi connectivity index (χ0n) is 21.2. The van der Waals surface area contributed by atoms with Crippen LogP contribution in [0.5, 0.6) is 0 Å². The monoisotopic (exact) mass is 470 g/mol. The van der Waals surface area contributed by atoms with E-state index in [0.29, 0.717) is 0 Å². The molecule has 0 atom stereocenters. The number of fused-ring (bicyclic) bond motifs is 1. The van der Waals surface area contributed by atoms with Gasteiger partial charge in [0.25, 0.3) is 0 Å². The zero-order chi connectivity index (χ0) is 23.9. The van der Waals surface area contributed by atoms with E-state index in [0.717, 1.165) is 31.1 Å². The summed E-state index contributed by atoms with van der Waals surface area (Å²) in [5, 5.41) is 1.12. The van der Waals surface area contributed by atoms with E-state index < -0.39 is 0 Å². The maximum absolute atomic E-state index is 13.2. The number of thiophene rings is 1. The van der Waals surface area contributed by atoms with Gasteiger partial charge in [-0.25, -0.2) is 4.39 Å². The Morgan fingerprint density at radius 1 is 0.939 bits per heavy atom. The number of aryl methyl sites for hydroxylation is 3. The van der Waals surface area contributed by atoms with Crippen molar-refractivity contribution in [3.63, 3.8) is 0 Å². The van der Waals surface area contributed by atoms with Crippen molar-refractivity contribution < 1.29 is 4.39 Å². The van der Waals surface area contributed by atoms with Gasteiger partial charge < -0.3 is 0 Å². The lowest BCUT2D eigenvalue weighted by Crippen LogP contribution is -1.88. The van der Waals surface area contributed by atoms with Crippen molar-refractivity contribution in [2.45, 2.75) is 100 Å². The Bertz CT molecular complexity index is 931. The Balaban J connectivity index is 0.000000504. The average molecular weight is 471 g/mol. The molecule has 0 N–H and O–H groups in total. The zero-order valence-corrected chi connectivity index (χ0v) is 22.0. The molecule has 0 unspecified atom stereocenters. The maximum atomic E-state index is 13.2. The second-order valence-electron chi connectivity index (χ2n) is 8.52. The van der Waals surface area contributed by atoms with Gasteiger partial charge in [0.05, 0.1) is 0 Å². The van der Waals surface area contributed by atoms with E-state index in [9.17, 15) is 4.39 Å². The predicted octanol–water partition coefficient (Wildman–Crippen LogP) is 10.9.